The van der Waals surface area contributed by atoms with Gasteiger partial charge in [-0.25, -0.2) is 4.99 Å². The van der Waals surface area contributed by atoms with Crippen LogP contribution in [0.3, 0.4) is 0 Å². The number of guanidine groups is 1. The van der Waals surface area contributed by atoms with Crippen LogP contribution in [0.1, 0.15) is 50.7 Å². The van der Waals surface area contributed by atoms with Crippen LogP contribution in [-0.4, -0.2) is 37.9 Å². The molecule has 1 aromatic rings. The van der Waals surface area contributed by atoms with Gasteiger partial charge in [0.05, 0.1) is 19.8 Å². The Balaban J connectivity index is 0.00000261. The molecule has 2 fully saturated rings. The fourth-order valence-electron chi connectivity index (χ4n) is 3.46. The molecule has 1 aliphatic carbocycles. The zero-order valence-electron chi connectivity index (χ0n) is 16.8. The van der Waals surface area contributed by atoms with Gasteiger partial charge in [-0.3, -0.25) is 0 Å². The van der Waals surface area contributed by atoms with Gasteiger partial charge in [-0.1, -0.05) is 25.5 Å². The minimum absolute atomic E-state index is 0. The Bertz CT molecular complexity index is 617. The van der Waals surface area contributed by atoms with E-state index in [1.54, 1.807) is 0 Å². The lowest BCUT2D eigenvalue weighted by Gasteiger charge is -2.16. The van der Waals surface area contributed by atoms with Gasteiger partial charge in [0.25, 0.3) is 0 Å². The molecule has 1 saturated carbocycles. The highest BCUT2D eigenvalue weighted by molar-refractivity contribution is 14.0. The van der Waals surface area contributed by atoms with Crippen LogP contribution in [0.25, 0.3) is 0 Å². The van der Waals surface area contributed by atoms with Crippen molar-refractivity contribution in [2.75, 3.05) is 19.8 Å². The molecule has 0 spiro atoms. The summed E-state index contributed by atoms with van der Waals surface area (Å²) >= 11 is 0. The van der Waals surface area contributed by atoms with Crippen molar-refractivity contribution in [1.29, 1.82) is 0 Å². The number of rotatable bonds is 8. The van der Waals surface area contributed by atoms with Crippen LogP contribution in [0.15, 0.2) is 23.2 Å². The molecule has 0 amide bonds. The summed E-state index contributed by atoms with van der Waals surface area (Å²) in [4.78, 5) is 4.81. The molecule has 1 saturated heterocycles. The van der Waals surface area contributed by atoms with Gasteiger partial charge in [-0.15, -0.1) is 24.0 Å². The van der Waals surface area contributed by atoms with Crippen LogP contribution >= 0.6 is 24.0 Å². The van der Waals surface area contributed by atoms with E-state index in [4.69, 9.17) is 14.5 Å². The molecule has 2 aliphatic rings. The molecule has 152 valence electrons. The predicted octanol–water partition coefficient (Wildman–Crippen LogP) is 4.02. The average Bonchev–Trinajstić information content (AvgIpc) is 3.13. The maximum absolute atomic E-state index is 6.19. The number of halogens is 1. The molecule has 27 heavy (non-hydrogen) atoms. The van der Waals surface area contributed by atoms with Crippen molar-refractivity contribution in [3.63, 3.8) is 0 Å². The summed E-state index contributed by atoms with van der Waals surface area (Å²) in [5, 5.41) is 6.95. The Hall–Kier alpha value is -1.02. The summed E-state index contributed by atoms with van der Waals surface area (Å²) in [5.41, 5.74) is 2.33. The number of hydrogen-bond acceptors (Lipinski definition) is 3. The van der Waals surface area contributed by atoms with Crippen molar-refractivity contribution < 1.29 is 9.47 Å². The number of aliphatic imine (C=N–C) groups is 1. The van der Waals surface area contributed by atoms with Crippen molar-refractivity contribution in [2.24, 2.45) is 10.9 Å². The van der Waals surface area contributed by atoms with Gasteiger partial charge >= 0.3 is 0 Å². The van der Waals surface area contributed by atoms with Gasteiger partial charge in [0.15, 0.2) is 5.96 Å². The number of hydrogen-bond donors (Lipinski definition) is 2. The number of ether oxygens (including phenoxy) is 2. The molecule has 1 aromatic carbocycles. The largest absolute Gasteiger partial charge is 0.488 e. The summed E-state index contributed by atoms with van der Waals surface area (Å²) in [7, 11) is 0. The fraction of sp³-hybridized carbons (Fsp3) is 0.667. The first kappa shape index (κ1) is 22.3. The Labute approximate surface area is 180 Å². The van der Waals surface area contributed by atoms with Crippen molar-refractivity contribution in [3.05, 3.63) is 29.3 Å². The lowest BCUT2D eigenvalue weighted by molar-refractivity contribution is 0.140. The highest BCUT2D eigenvalue weighted by Gasteiger charge is 2.36. The standard InChI is InChI=1S/C21H33N3O2.HI/c1-4-6-16-12-19(16)24-21(22-5-2)23-13-17-8-7-15(3)11-20(17)26-18-9-10-25-14-18;/h7-8,11,16,18-19H,4-6,9-10,12-14H2,1-3H3,(H2,22,23,24);1H. The lowest BCUT2D eigenvalue weighted by Crippen LogP contribution is -2.39. The second kappa shape index (κ2) is 11.1. The predicted molar refractivity (Wildman–Crippen MR) is 121 cm³/mol. The SMILES string of the molecule is CCCC1CC1NC(=NCc1ccc(C)cc1OC1CCOC1)NCC.I. The van der Waals surface area contributed by atoms with Gasteiger partial charge in [0.2, 0.25) is 0 Å². The first-order valence-corrected chi connectivity index (χ1v) is 10.1. The van der Waals surface area contributed by atoms with Gasteiger partial charge in [0, 0.05) is 24.6 Å². The van der Waals surface area contributed by atoms with E-state index in [0.717, 1.165) is 42.8 Å². The first-order valence-electron chi connectivity index (χ1n) is 10.1. The molecular formula is C21H34IN3O2. The highest BCUT2D eigenvalue weighted by Crippen LogP contribution is 2.34. The lowest BCUT2D eigenvalue weighted by atomic mass is 10.1. The summed E-state index contributed by atoms with van der Waals surface area (Å²) in [5.74, 6) is 2.66. The molecule has 3 rings (SSSR count). The van der Waals surface area contributed by atoms with Crippen LogP contribution in [0.4, 0.5) is 0 Å². The number of nitrogens with zero attached hydrogens (tertiary/aromatic N) is 1. The third-order valence-electron chi connectivity index (χ3n) is 5.06. The molecule has 3 unspecified atom stereocenters. The van der Waals surface area contributed by atoms with E-state index in [-0.39, 0.29) is 30.1 Å². The molecule has 0 radical (unpaired) electrons. The third kappa shape index (κ3) is 6.82. The smallest absolute Gasteiger partial charge is 0.191 e. The Morgan fingerprint density at radius 3 is 2.89 bits per heavy atom. The van der Waals surface area contributed by atoms with Crippen LogP contribution in [0, 0.1) is 12.8 Å². The molecule has 6 heteroatoms. The fourth-order valence-corrected chi connectivity index (χ4v) is 3.46. The first-order chi connectivity index (χ1) is 12.7. The highest BCUT2D eigenvalue weighted by atomic mass is 127. The molecular weight excluding hydrogens is 453 g/mol. The Morgan fingerprint density at radius 1 is 1.33 bits per heavy atom. The zero-order valence-corrected chi connectivity index (χ0v) is 19.1. The van der Waals surface area contributed by atoms with Crippen molar-refractivity contribution in [2.45, 2.75) is 65.1 Å². The molecule has 5 nitrogen and oxygen atoms in total. The third-order valence-corrected chi connectivity index (χ3v) is 5.06. The quantitative estimate of drug-likeness (QED) is 0.331. The Morgan fingerprint density at radius 2 is 2.19 bits per heavy atom. The average molecular weight is 487 g/mol. The van der Waals surface area contributed by atoms with E-state index in [0.29, 0.717) is 19.2 Å². The summed E-state index contributed by atoms with van der Waals surface area (Å²) in [6.45, 7) is 9.41. The molecule has 0 aromatic heterocycles. The summed E-state index contributed by atoms with van der Waals surface area (Å²) in [6.07, 6.45) is 4.94. The van der Waals surface area contributed by atoms with Gasteiger partial charge in [0.1, 0.15) is 11.9 Å². The van der Waals surface area contributed by atoms with E-state index in [1.807, 2.05) is 0 Å². The van der Waals surface area contributed by atoms with E-state index < -0.39 is 0 Å². The maximum atomic E-state index is 6.19. The number of benzene rings is 1. The van der Waals surface area contributed by atoms with Crippen LogP contribution in [0.5, 0.6) is 5.75 Å². The molecule has 1 heterocycles. The van der Waals surface area contributed by atoms with Crippen molar-refractivity contribution in [1.82, 2.24) is 10.6 Å². The Kier molecular flexibility index (Phi) is 9.15. The number of nitrogens with one attached hydrogen (secondary N) is 2. The van der Waals surface area contributed by atoms with E-state index >= 15 is 0 Å². The second-order valence-electron chi connectivity index (χ2n) is 7.45. The van der Waals surface area contributed by atoms with Crippen molar-refractivity contribution in [3.8, 4) is 5.75 Å². The zero-order chi connectivity index (χ0) is 18.4. The van der Waals surface area contributed by atoms with Crippen LogP contribution < -0.4 is 15.4 Å². The maximum Gasteiger partial charge on any atom is 0.191 e. The van der Waals surface area contributed by atoms with Gasteiger partial charge in [-0.2, -0.15) is 0 Å². The molecule has 0 bridgehead atoms. The summed E-state index contributed by atoms with van der Waals surface area (Å²) < 4.78 is 11.6. The second-order valence-corrected chi connectivity index (χ2v) is 7.45. The van der Waals surface area contributed by atoms with Crippen molar-refractivity contribution >= 4 is 29.9 Å². The minimum atomic E-state index is 0. The van der Waals surface area contributed by atoms with E-state index in [2.05, 4.69) is 49.6 Å². The van der Waals surface area contributed by atoms with E-state index in [1.165, 1.54) is 24.8 Å². The normalized spacial score (nSPS) is 24.3. The van der Waals surface area contributed by atoms with Crippen LogP contribution in [-0.2, 0) is 11.3 Å². The summed E-state index contributed by atoms with van der Waals surface area (Å²) in [6, 6.07) is 6.95. The molecule has 1 aliphatic heterocycles. The van der Waals surface area contributed by atoms with Gasteiger partial charge < -0.3 is 20.1 Å². The minimum Gasteiger partial charge on any atom is -0.488 e. The van der Waals surface area contributed by atoms with E-state index in [9.17, 15) is 0 Å². The number of aryl methyl sites for hydroxylation is 1. The van der Waals surface area contributed by atoms with Gasteiger partial charge in [-0.05, 0) is 44.2 Å². The van der Waals surface area contributed by atoms with Crippen LogP contribution in [0.2, 0.25) is 0 Å². The monoisotopic (exact) mass is 487 g/mol. The molecule has 3 atom stereocenters. The molecule has 2 N–H and O–H groups in total. The topological polar surface area (TPSA) is 54.9 Å².